The van der Waals surface area contributed by atoms with Crippen molar-refractivity contribution in [1.29, 1.82) is 0 Å². The number of nitrogens with zero attached hydrogens (tertiary/aromatic N) is 3. The molecule has 3 aromatic rings. The second-order valence-electron chi connectivity index (χ2n) is 13.0. The molecule has 5 aliphatic rings. The molecule has 2 aliphatic carbocycles. The van der Waals surface area contributed by atoms with Crippen LogP contribution in [-0.4, -0.2) is 73.6 Å². The molecule has 1 spiro atoms. The number of methoxy groups -OCH3 is 1. The molecule has 2 bridgehead atoms. The molecule has 8 rings (SSSR count). The highest BCUT2D eigenvalue weighted by atomic mass is 16.5. The van der Waals surface area contributed by atoms with Gasteiger partial charge in [-0.25, -0.2) is 0 Å². The van der Waals surface area contributed by atoms with Crippen LogP contribution >= 0.6 is 0 Å². The quantitative estimate of drug-likeness (QED) is 0.510. The molecule has 0 saturated carbocycles. The lowest BCUT2D eigenvalue weighted by atomic mass is 9.51. The number of nitrogens with one attached hydrogen (secondary N) is 1. The third kappa shape index (κ3) is 3.27. The van der Waals surface area contributed by atoms with Crippen LogP contribution in [0.3, 0.4) is 0 Å². The number of ether oxygens (including phenoxy) is 2. The third-order valence-electron chi connectivity index (χ3n) is 11.2. The maximum Gasteiger partial charge on any atom is 0.270 e. The molecular weight excluding hydrogens is 512 g/mol. The van der Waals surface area contributed by atoms with E-state index in [0.717, 1.165) is 80.4 Å². The molecule has 3 aliphatic heterocycles. The first-order valence-electron chi connectivity index (χ1n) is 15.2. The van der Waals surface area contributed by atoms with Gasteiger partial charge in [0.1, 0.15) is 11.8 Å². The summed E-state index contributed by atoms with van der Waals surface area (Å²) in [6, 6.07) is 11.3. The number of carbonyl (C=O) groups is 1. The third-order valence-corrected chi connectivity index (χ3v) is 11.2. The highest BCUT2D eigenvalue weighted by Gasteiger charge is 2.65. The van der Waals surface area contributed by atoms with Crippen LogP contribution in [0.15, 0.2) is 30.3 Å². The van der Waals surface area contributed by atoms with Crippen molar-refractivity contribution in [1.82, 2.24) is 14.8 Å². The molecule has 2 aromatic carbocycles. The highest BCUT2D eigenvalue weighted by Crippen LogP contribution is 2.67. The standard InChI is InChI=1S/C34H40N4O3/c1-19-7-6-8-20(2)30(19)37-13-15-38(16-14-37)33(39)28-21(3)23-18-24-25-17-22-9-10-26(40-5)31-27(22)34(24,11-12-36(25)4)32(41-31)29(23)35-28/h6-10,24-25,32,35H,11-18H2,1-5H3/t24?,25-,32-,34-/m0/s1. The van der Waals surface area contributed by atoms with Crippen molar-refractivity contribution < 1.29 is 14.3 Å². The van der Waals surface area contributed by atoms with Gasteiger partial charge in [-0.3, -0.25) is 4.79 Å². The number of benzene rings is 2. The molecule has 7 heteroatoms. The number of aromatic nitrogens is 1. The zero-order valence-corrected chi connectivity index (χ0v) is 24.8. The Bertz CT molecular complexity index is 1560. The number of piperidine rings is 1. The first kappa shape index (κ1) is 25.3. The summed E-state index contributed by atoms with van der Waals surface area (Å²) in [4.78, 5) is 24.8. The van der Waals surface area contributed by atoms with Crippen molar-refractivity contribution in [2.24, 2.45) is 5.92 Å². The molecule has 214 valence electrons. The number of likely N-dealkylation sites (N-methyl/N-ethyl adjacent to an activating group) is 1. The van der Waals surface area contributed by atoms with Crippen LogP contribution in [0.5, 0.6) is 11.5 Å². The normalized spacial score (nSPS) is 27.8. The number of fused-ring (bicyclic) bond motifs is 2. The van der Waals surface area contributed by atoms with Crippen LogP contribution in [0, 0.1) is 26.7 Å². The second-order valence-corrected chi connectivity index (χ2v) is 13.0. The smallest absolute Gasteiger partial charge is 0.270 e. The average Bonchev–Trinajstić information content (AvgIpc) is 3.49. The number of aromatic amines is 1. The van der Waals surface area contributed by atoms with Gasteiger partial charge in [-0.15, -0.1) is 0 Å². The summed E-state index contributed by atoms with van der Waals surface area (Å²) in [6.45, 7) is 10.7. The Kier molecular flexibility index (Phi) is 5.41. The fourth-order valence-electron chi connectivity index (χ4n) is 9.25. The van der Waals surface area contributed by atoms with E-state index < -0.39 is 0 Å². The molecule has 2 fully saturated rings. The number of carbonyl (C=O) groups excluding carboxylic acids is 1. The number of amides is 1. The first-order valence-corrected chi connectivity index (χ1v) is 15.2. The van der Waals surface area contributed by atoms with Crippen molar-refractivity contribution >= 4 is 11.6 Å². The van der Waals surface area contributed by atoms with Gasteiger partial charge < -0.3 is 29.2 Å². The number of para-hydroxylation sites is 1. The predicted molar refractivity (Wildman–Crippen MR) is 160 cm³/mol. The zero-order valence-electron chi connectivity index (χ0n) is 24.8. The van der Waals surface area contributed by atoms with Gasteiger partial charge in [-0.2, -0.15) is 0 Å². The Balaban J connectivity index is 1.14. The minimum absolute atomic E-state index is 0.0731. The van der Waals surface area contributed by atoms with E-state index >= 15 is 0 Å². The van der Waals surface area contributed by atoms with Gasteiger partial charge in [0.15, 0.2) is 11.5 Å². The number of anilines is 1. The summed E-state index contributed by atoms with van der Waals surface area (Å²) in [6.07, 6.45) is 2.97. The van der Waals surface area contributed by atoms with Crippen molar-refractivity contribution in [3.8, 4) is 11.5 Å². The monoisotopic (exact) mass is 552 g/mol. The van der Waals surface area contributed by atoms with E-state index in [4.69, 9.17) is 9.47 Å². The lowest BCUT2D eigenvalue weighted by Gasteiger charge is -2.57. The van der Waals surface area contributed by atoms with E-state index in [9.17, 15) is 4.79 Å². The number of piperazine rings is 1. The van der Waals surface area contributed by atoms with E-state index in [0.29, 0.717) is 12.0 Å². The van der Waals surface area contributed by atoms with Gasteiger partial charge in [0.2, 0.25) is 0 Å². The van der Waals surface area contributed by atoms with Crippen LogP contribution in [-0.2, 0) is 18.3 Å². The molecule has 0 radical (unpaired) electrons. The number of rotatable bonds is 3. The van der Waals surface area contributed by atoms with E-state index in [2.05, 4.69) is 72.9 Å². The minimum atomic E-state index is -0.112. The van der Waals surface area contributed by atoms with E-state index in [1.165, 1.54) is 33.5 Å². The Labute approximate surface area is 242 Å². The first-order chi connectivity index (χ1) is 19.8. The van der Waals surface area contributed by atoms with Crippen molar-refractivity contribution in [3.05, 3.63) is 75.1 Å². The summed E-state index contributed by atoms with van der Waals surface area (Å²) < 4.78 is 12.7. The highest BCUT2D eigenvalue weighted by molar-refractivity contribution is 5.95. The topological polar surface area (TPSA) is 61.0 Å². The Morgan fingerprint density at radius 2 is 1.78 bits per heavy atom. The van der Waals surface area contributed by atoms with E-state index in [1.54, 1.807) is 7.11 Å². The van der Waals surface area contributed by atoms with Gasteiger partial charge >= 0.3 is 0 Å². The average molecular weight is 553 g/mol. The Hall–Kier alpha value is -3.45. The predicted octanol–water partition coefficient (Wildman–Crippen LogP) is 4.71. The fourth-order valence-corrected chi connectivity index (χ4v) is 9.25. The lowest BCUT2D eigenvalue weighted by molar-refractivity contribution is -0.0256. The van der Waals surface area contributed by atoms with Crippen LogP contribution in [0.4, 0.5) is 5.69 Å². The Morgan fingerprint density at radius 3 is 2.51 bits per heavy atom. The SMILES string of the molecule is COc1ccc2c3c1O[C@H]1c4[nH]c(C(=O)N5CCN(c6c(C)cccc6C)CC5)c(C)c4CC4[C@H](C2)N(C)CC[C@@]341. The molecule has 1 aromatic heterocycles. The summed E-state index contributed by atoms with van der Waals surface area (Å²) in [5.41, 5.74) is 10.9. The van der Waals surface area contributed by atoms with Crippen LogP contribution in [0.25, 0.3) is 0 Å². The summed E-state index contributed by atoms with van der Waals surface area (Å²) in [5.74, 6) is 2.33. The maximum atomic E-state index is 14.1. The van der Waals surface area contributed by atoms with Crippen molar-refractivity contribution in [3.63, 3.8) is 0 Å². The van der Waals surface area contributed by atoms with E-state index in [-0.39, 0.29) is 17.4 Å². The van der Waals surface area contributed by atoms with Gasteiger partial charge in [-0.1, -0.05) is 24.3 Å². The summed E-state index contributed by atoms with van der Waals surface area (Å²) >= 11 is 0. The number of hydrogen-bond donors (Lipinski definition) is 1. The Morgan fingerprint density at radius 1 is 1.02 bits per heavy atom. The molecule has 1 N–H and O–H groups in total. The number of hydrogen-bond acceptors (Lipinski definition) is 5. The van der Waals surface area contributed by atoms with E-state index in [1.807, 2.05) is 4.90 Å². The summed E-state index contributed by atoms with van der Waals surface area (Å²) in [5, 5.41) is 0. The van der Waals surface area contributed by atoms with Gasteiger partial charge in [0.25, 0.3) is 5.91 Å². The van der Waals surface area contributed by atoms with Crippen molar-refractivity contribution in [2.45, 2.75) is 57.6 Å². The van der Waals surface area contributed by atoms with Gasteiger partial charge in [-0.05, 0) is 93.4 Å². The number of aryl methyl sites for hydroxylation is 2. The maximum absolute atomic E-state index is 14.1. The summed E-state index contributed by atoms with van der Waals surface area (Å²) in [7, 11) is 4.02. The largest absolute Gasteiger partial charge is 0.493 e. The second kappa shape index (κ2) is 8.78. The fraction of sp³-hybridized carbons (Fsp3) is 0.500. The number of H-pyrrole nitrogens is 1. The minimum Gasteiger partial charge on any atom is -0.493 e. The molecular formula is C34H40N4O3. The zero-order chi connectivity index (χ0) is 28.2. The van der Waals surface area contributed by atoms with Crippen LogP contribution in [0.1, 0.15) is 62.1 Å². The molecule has 4 atom stereocenters. The molecule has 7 nitrogen and oxygen atoms in total. The molecule has 4 heterocycles. The molecule has 41 heavy (non-hydrogen) atoms. The van der Waals surface area contributed by atoms with Gasteiger partial charge in [0.05, 0.1) is 12.8 Å². The van der Waals surface area contributed by atoms with Crippen LogP contribution < -0.4 is 14.4 Å². The molecule has 2 saturated heterocycles. The van der Waals surface area contributed by atoms with Crippen LogP contribution in [0.2, 0.25) is 0 Å². The van der Waals surface area contributed by atoms with Crippen molar-refractivity contribution in [2.75, 3.05) is 51.8 Å². The molecule has 1 amide bonds. The number of likely N-dealkylation sites (tertiary alicyclic amines) is 1. The molecule has 1 unspecified atom stereocenters. The lowest BCUT2D eigenvalue weighted by Crippen LogP contribution is -2.62. The van der Waals surface area contributed by atoms with Gasteiger partial charge in [0, 0.05) is 48.9 Å².